The predicted octanol–water partition coefficient (Wildman–Crippen LogP) is 5.07. The van der Waals surface area contributed by atoms with Crippen LogP contribution in [0, 0.1) is 0 Å². The lowest BCUT2D eigenvalue weighted by Crippen LogP contribution is -1.87. The molecule has 0 aliphatic carbocycles. The first-order chi connectivity index (χ1) is 9.16. The molecule has 0 aliphatic heterocycles. The average molecular weight is 356 g/mol. The van der Waals surface area contributed by atoms with Crippen molar-refractivity contribution in [2.45, 2.75) is 0 Å². The van der Waals surface area contributed by atoms with E-state index in [1.54, 1.807) is 11.3 Å². The van der Waals surface area contributed by atoms with Crippen LogP contribution in [0.25, 0.3) is 21.8 Å². The van der Waals surface area contributed by atoms with Crippen LogP contribution in [-0.4, -0.2) is 5.16 Å². The Morgan fingerprint density at radius 2 is 2.16 bits per heavy atom. The van der Waals surface area contributed by atoms with Gasteiger partial charge in [-0.05, 0) is 29.6 Å². The van der Waals surface area contributed by atoms with E-state index in [0.29, 0.717) is 16.6 Å². The maximum absolute atomic E-state index is 6.25. The van der Waals surface area contributed by atoms with Gasteiger partial charge in [0.15, 0.2) is 11.6 Å². The van der Waals surface area contributed by atoms with E-state index >= 15 is 0 Å². The summed E-state index contributed by atoms with van der Waals surface area (Å²) in [5.74, 6) is 0.967. The Morgan fingerprint density at radius 3 is 2.84 bits per heavy atom. The molecule has 0 aliphatic rings. The van der Waals surface area contributed by atoms with Gasteiger partial charge in [0.05, 0.1) is 10.6 Å². The van der Waals surface area contributed by atoms with Gasteiger partial charge < -0.3 is 10.3 Å². The molecular weight excluding hydrogens is 348 g/mol. The third kappa shape index (κ3) is 2.29. The van der Waals surface area contributed by atoms with E-state index in [1.165, 1.54) is 0 Å². The summed E-state index contributed by atoms with van der Waals surface area (Å²) in [6.45, 7) is 0. The van der Waals surface area contributed by atoms with Crippen molar-refractivity contribution in [2.24, 2.45) is 0 Å². The smallest absolute Gasteiger partial charge is 0.179 e. The molecule has 0 saturated heterocycles. The summed E-state index contributed by atoms with van der Waals surface area (Å²) in [6, 6.07) is 9.53. The van der Waals surface area contributed by atoms with E-state index in [2.05, 4.69) is 21.1 Å². The molecule has 2 aromatic heterocycles. The number of thiophene rings is 1. The fourth-order valence-corrected chi connectivity index (χ4v) is 3.35. The molecule has 96 valence electrons. The molecule has 1 aromatic carbocycles. The Hall–Kier alpha value is -1.30. The van der Waals surface area contributed by atoms with Crippen molar-refractivity contribution in [1.82, 2.24) is 5.16 Å². The van der Waals surface area contributed by atoms with Crippen LogP contribution in [0.15, 0.2) is 44.7 Å². The second-order valence-electron chi connectivity index (χ2n) is 3.87. The molecule has 0 bridgehead atoms. The van der Waals surface area contributed by atoms with E-state index in [-0.39, 0.29) is 0 Å². The number of aromatic nitrogens is 1. The molecule has 2 heterocycles. The summed E-state index contributed by atoms with van der Waals surface area (Å²) >= 11 is 11.2. The zero-order valence-electron chi connectivity index (χ0n) is 9.56. The Balaban J connectivity index is 2.21. The molecule has 3 aromatic rings. The third-order valence-electron chi connectivity index (χ3n) is 2.66. The predicted molar refractivity (Wildman–Crippen MR) is 82.4 cm³/mol. The first-order valence-electron chi connectivity index (χ1n) is 5.41. The zero-order valence-corrected chi connectivity index (χ0v) is 12.7. The molecule has 19 heavy (non-hydrogen) atoms. The molecule has 3 nitrogen and oxygen atoms in total. The Kier molecular flexibility index (Phi) is 3.35. The maximum Gasteiger partial charge on any atom is 0.179 e. The molecule has 6 heteroatoms. The van der Waals surface area contributed by atoms with Crippen molar-refractivity contribution in [3.05, 3.63) is 45.2 Å². The summed E-state index contributed by atoms with van der Waals surface area (Å²) < 4.78 is 6.27. The lowest BCUT2D eigenvalue weighted by atomic mass is 10.1. The molecule has 0 radical (unpaired) electrons. The standard InChI is InChI=1S/C13H8BrClN2OS/c14-7-3-4-8(9(15)6-7)12-11(13(16)17-18-12)10-2-1-5-19-10/h1-6H,(H2,16,17). The van der Waals surface area contributed by atoms with Crippen LogP contribution in [0.3, 0.4) is 0 Å². The van der Waals surface area contributed by atoms with Crippen molar-refractivity contribution in [2.75, 3.05) is 5.73 Å². The molecule has 0 atom stereocenters. The molecule has 0 fully saturated rings. The van der Waals surface area contributed by atoms with Gasteiger partial charge in [0.2, 0.25) is 0 Å². The number of anilines is 1. The topological polar surface area (TPSA) is 52.0 Å². The van der Waals surface area contributed by atoms with Crippen molar-refractivity contribution in [1.29, 1.82) is 0 Å². The monoisotopic (exact) mass is 354 g/mol. The van der Waals surface area contributed by atoms with Gasteiger partial charge in [0.1, 0.15) is 0 Å². The quantitative estimate of drug-likeness (QED) is 0.698. The zero-order chi connectivity index (χ0) is 13.4. The van der Waals surface area contributed by atoms with E-state index < -0.39 is 0 Å². The summed E-state index contributed by atoms with van der Waals surface area (Å²) in [5.41, 5.74) is 7.47. The Bertz CT molecular complexity index is 724. The number of benzene rings is 1. The second kappa shape index (κ2) is 5.00. The van der Waals surface area contributed by atoms with Crippen molar-refractivity contribution < 1.29 is 4.52 Å². The minimum atomic E-state index is 0.372. The first-order valence-corrected chi connectivity index (χ1v) is 7.46. The number of nitrogens with two attached hydrogens (primary N) is 1. The van der Waals surface area contributed by atoms with E-state index in [9.17, 15) is 0 Å². The lowest BCUT2D eigenvalue weighted by molar-refractivity contribution is 0.436. The molecule has 0 spiro atoms. The highest BCUT2D eigenvalue weighted by molar-refractivity contribution is 9.10. The number of nitrogens with zero attached hydrogens (tertiary/aromatic N) is 1. The highest BCUT2D eigenvalue weighted by Crippen LogP contribution is 2.41. The minimum absolute atomic E-state index is 0.372. The van der Waals surface area contributed by atoms with Crippen molar-refractivity contribution >= 4 is 44.7 Å². The van der Waals surface area contributed by atoms with Crippen molar-refractivity contribution in [3.8, 4) is 21.8 Å². The van der Waals surface area contributed by atoms with E-state index in [0.717, 1.165) is 20.5 Å². The van der Waals surface area contributed by atoms with Crippen LogP contribution in [-0.2, 0) is 0 Å². The van der Waals surface area contributed by atoms with Gasteiger partial charge in [-0.2, -0.15) is 0 Å². The fourth-order valence-electron chi connectivity index (χ4n) is 1.82. The van der Waals surface area contributed by atoms with Gasteiger partial charge in [0.25, 0.3) is 0 Å². The fraction of sp³-hybridized carbons (Fsp3) is 0. The van der Waals surface area contributed by atoms with Crippen molar-refractivity contribution in [3.63, 3.8) is 0 Å². The number of hydrogen-bond acceptors (Lipinski definition) is 4. The van der Waals surface area contributed by atoms with Crippen LogP contribution >= 0.6 is 38.9 Å². The summed E-state index contributed by atoms with van der Waals surface area (Å²) in [7, 11) is 0. The van der Waals surface area contributed by atoms with Gasteiger partial charge in [-0.25, -0.2) is 0 Å². The second-order valence-corrected chi connectivity index (χ2v) is 6.14. The average Bonchev–Trinajstić information content (AvgIpc) is 2.98. The molecular formula is C13H8BrClN2OS. The van der Waals surface area contributed by atoms with Gasteiger partial charge in [-0.3, -0.25) is 0 Å². The van der Waals surface area contributed by atoms with Crippen LogP contribution in [0.1, 0.15) is 0 Å². The summed E-state index contributed by atoms with van der Waals surface area (Å²) in [5, 5.41) is 6.42. The number of halogens is 2. The SMILES string of the molecule is Nc1noc(-c2ccc(Br)cc2Cl)c1-c1cccs1. The van der Waals surface area contributed by atoms with Gasteiger partial charge >= 0.3 is 0 Å². The summed E-state index contributed by atoms with van der Waals surface area (Å²) in [4.78, 5) is 1.01. The van der Waals surface area contributed by atoms with Gasteiger partial charge in [-0.1, -0.05) is 38.8 Å². The van der Waals surface area contributed by atoms with E-state index in [4.69, 9.17) is 21.9 Å². The lowest BCUT2D eigenvalue weighted by Gasteiger charge is -2.03. The normalized spacial score (nSPS) is 10.8. The number of nitrogen functional groups attached to an aromatic ring is 1. The molecule has 0 unspecified atom stereocenters. The molecule has 3 rings (SSSR count). The number of rotatable bonds is 2. The van der Waals surface area contributed by atoms with Gasteiger partial charge in [0, 0.05) is 14.9 Å². The van der Waals surface area contributed by atoms with Crippen LogP contribution in [0.5, 0.6) is 0 Å². The Morgan fingerprint density at radius 1 is 1.32 bits per heavy atom. The highest BCUT2D eigenvalue weighted by Gasteiger charge is 2.20. The molecule has 0 saturated carbocycles. The van der Waals surface area contributed by atoms with Gasteiger partial charge in [-0.15, -0.1) is 11.3 Å². The molecule has 2 N–H and O–H groups in total. The highest BCUT2D eigenvalue weighted by atomic mass is 79.9. The first kappa shape index (κ1) is 12.7. The maximum atomic E-state index is 6.25. The third-order valence-corrected chi connectivity index (χ3v) is 4.36. The van der Waals surface area contributed by atoms with E-state index in [1.807, 2.05) is 35.7 Å². The molecule has 0 amide bonds. The van der Waals surface area contributed by atoms with Crippen LogP contribution in [0.2, 0.25) is 5.02 Å². The largest absolute Gasteiger partial charge is 0.380 e. The Labute approximate surface area is 127 Å². The number of hydrogen-bond donors (Lipinski definition) is 1. The summed E-state index contributed by atoms with van der Waals surface area (Å²) in [6.07, 6.45) is 0. The van der Waals surface area contributed by atoms with Crippen LogP contribution in [0.4, 0.5) is 5.82 Å². The minimum Gasteiger partial charge on any atom is -0.380 e. The van der Waals surface area contributed by atoms with Crippen LogP contribution < -0.4 is 5.73 Å².